The number of hydrogen-bond donors (Lipinski definition) is 2. The highest BCUT2D eigenvalue weighted by molar-refractivity contribution is 6.03. The lowest BCUT2D eigenvalue weighted by Crippen LogP contribution is -2.78. The number of esters is 1. The number of carbonyl (C=O) groups is 2. The first-order valence-electron chi connectivity index (χ1n) is 14.5. The molecule has 1 heterocycles. The summed E-state index contributed by atoms with van der Waals surface area (Å²) < 4.78 is 31.2. The minimum Gasteiger partial charge on any atom is -0.504 e. The van der Waals surface area contributed by atoms with Crippen molar-refractivity contribution in [3.63, 3.8) is 0 Å². The zero-order valence-corrected chi connectivity index (χ0v) is 24.2. The summed E-state index contributed by atoms with van der Waals surface area (Å²) in [5, 5.41) is 23.6. The van der Waals surface area contributed by atoms with Crippen molar-refractivity contribution in [1.29, 1.82) is 0 Å². The molecular formula is C33H38O9. The predicted molar refractivity (Wildman–Crippen MR) is 150 cm³/mol. The second kappa shape index (κ2) is 10.6. The van der Waals surface area contributed by atoms with Gasteiger partial charge in [-0.2, -0.15) is 0 Å². The van der Waals surface area contributed by atoms with E-state index < -0.39 is 51.8 Å². The molecule has 4 aliphatic rings. The standard InChI is InChI=1S/C33H38O9/c1-21-14-15-31(41-20-39-18-24-12-8-5-9-13-24)30(3)16-25(34)42-33(31,32(37)22(2)26(35)27(36)28(30)32)29(21)40-19-38-17-23-10-6-4-7-11-23/h4-13,21,28-29,35,37H,14-20H2,1-3H3/t21?,28?,29?,30?,31-,32?,33?/m0/s1. The molecular weight excluding hydrogens is 540 g/mol. The smallest absolute Gasteiger partial charge is 0.307 e. The Morgan fingerprint density at radius 3 is 2.17 bits per heavy atom. The second-order valence-corrected chi connectivity index (χ2v) is 12.3. The van der Waals surface area contributed by atoms with Crippen LogP contribution in [0.2, 0.25) is 0 Å². The Hall–Kier alpha value is -3.08. The minimum atomic E-state index is -2.06. The first kappa shape index (κ1) is 29.0. The number of ether oxygens (including phenoxy) is 5. The third-order valence-corrected chi connectivity index (χ3v) is 10.2. The van der Waals surface area contributed by atoms with Gasteiger partial charge in [0.25, 0.3) is 0 Å². The van der Waals surface area contributed by atoms with Crippen LogP contribution in [0.15, 0.2) is 72.0 Å². The number of aliphatic hydroxyl groups excluding tert-OH is 1. The van der Waals surface area contributed by atoms with Crippen molar-refractivity contribution >= 4 is 11.8 Å². The molecule has 2 bridgehead atoms. The molecule has 1 aliphatic heterocycles. The van der Waals surface area contributed by atoms with Gasteiger partial charge in [0.1, 0.15) is 30.9 Å². The highest BCUT2D eigenvalue weighted by atomic mass is 16.7. The average Bonchev–Trinajstić information content (AvgIpc) is 3.20. The van der Waals surface area contributed by atoms with Crippen LogP contribution in [0.4, 0.5) is 0 Å². The van der Waals surface area contributed by atoms with E-state index in [-0.39, 0.29) is 38.1 Å². The summed E-state index contributed by atoms with van der Waals surface area (Å²) in [6.07, 6.45) is -0.0817. The number of ketones is 1. The van der Waals surface area contributed by atoms with Crippen molar-refractivity contribution in [2.24, 2.45) is 17.3 Å². The molecule has 2 N–H and O–H groups in total. The van der Waals surface area contributed by atoms with Gasteiger partial charge in [0, 0.05) is 11.0 Å². The van der Waals surface area contributed by atoms with Crippen LogP contribution >= 0.6 is 0 Å². The summed E-state index contributed by atoms with van der Waals surface area (Å²) in [5.74, 6) is -3.07. The monoisotopic (exact) mass is 578 g/mol. The first-order valence-corrected chi connectivity index (χ1v) is 14.5. The highest BCUT2D eigenvalue weighted by Gasteiger charge is 2.92. The fraction of sp³-hybridized carbons (Fsp3) is 0.515. The molecule has 0 spiro atoms. The molecule has 0 amide bonds. The van der Waals surface area contributed by atoms with E-state index in [4.69, 9.17) is 23.7 Å². The normalized spacial score (nSPS) is 37.0. The van der Waals surface area contributed by atoms with E-state index in [2.05, 4.69) is 0 Å². The molecule has 2 saturated carbocycles. The molecule has 3 fully saturated rings. The number of carbonyl (C=O) groups excluding carboxylic acids is 2. The number of fused-ring (bicyclic) bond motifs is 2. The summed E-state index contributed by atoms with van der Waals surface area (Å²) in [7, 11) is 0. The lowest BCUT2D eigenvalue weighted by molar-refractivity contribution is -0.346. The Morgan fingerprint density at radius 1 is 0.952 bits per heavy atom. The van der Waals surface area contributed by atoms with Gasteiger partial charge in [0.05, 0.1) is 25.6 Å². The molecule has 1 saturated heterocycles. The predicted octanol–water partition coefficient (Wildman–Crippen LogP) is 4.37. The van der Waals surface area contributed by atoms with Crippen molar-refractivity contribution in [2.75, 3.05) is 13.6 Å². The van der Waals surface area contributed by atoms with E-state index >= 15 is 0 Å². The van der Waals surface area contributed by atoms with Gasteiger partial charge in [-0.15, -0.1) is 0 Å². The lowest BCUT2D eigenvalue weighted by Gasteiger charge is -2.62. The zero-order valence-electron chi connectivity index (χ0n) is 24.2. The molecule has 6 unspecified atom stereocenters. The Morgan fingerprint density at radius 2 is 1.55 bits per heavy atom. The van der Waals surface area contributed by atoms with E-state index in [1.165, 1.54) is 6.92 Å². The molecule has 9 nitrogen and oxygen atoms in total. The molecule has 0 radical (unpaired) electrons. The van der Waals surface area contributed by atoms with E-state index in [1.807, 2.05) is 67.6 Å². The molecule has 3 aliphatic carbocycles. The number of benzene rings is 2. The van der Waals surface area contributed by atoms with Crippen LogP contribution in [0.1, 0.15) is 51.2 Å². The van der Waals surface area contributed by atoms with Crippen molar-refractivity contribution in [2.45, 2.75) is 76.2 Å². The van der Waals surface area contributed by atoms with Gasteiger partial charge < -0.3 is 33.9 Å². The van der Waals surface area contributed by atoms with Crippen LogP contribution < -0.4 is 0 Å². The minimum absolute atomic E-state index is 0.0574. The van der Waals surface area contributed by atoms with Gasteiger partial charge in [-0.25, -0.2) is 0 Å². The summed E-state index contributed by atoms with van der Waals surface area (Å²) in [4.78, 5) is 27.0. The SMILES string of the molecule is CC1=C(O)C(=O)C2C1(O)C13OC(=O)CC2(C)[C@@]1(OCOCc1ccccc1)CCC(C)C3OCOCc1ccccc1. The Kier molecular flexibility index (Phi) is 7.30. The summed E-state index contributed by atoms with van der Waals surface area (Å²) in [6.45, 7) is 5.52. The Bertz CT molecular complexity index is 1380. The molecule has 6 rings (SSSR count). The third-order valence-electron chi connectivity index (χ3n) is 10.2. The maximum atomic E-state index is 13.7. The van der Waals surface area contributed by atoms with Gasteiger partial charge in [-0.05, 0) is 36.8 Å². The quantitative estimate of drug-likeness (QED) is 0.240. The third kappa shape index (κ3) is 3.87. The van der Waals surface area contributed by atoms with Crippen LogP contribution in [0.5, 0.6) is 0 Å². The molecule has 0 aromatic heterocycles. The maximum Gasteiger partial charge on any atom is 0.307 e. The summed E-state index contributed by atoms with van der Waals surface area (Å²) >= 11 is 0. The van der Waals surface area contributed by atoms with Crippen molar-refractivity contribution < 1.29 is 43.5 Å². The summed E-state index contributed by atoms with van der Waals surface area (Å²) in [5.41, 5.74) is -4.50. The van der Waals surface area contributed by atoms with E-state index in [0.717, 1.165) is 11.1 Å². The molecule has 2 aromatic carbocycles. The number of rotatable bonds is 10. The molecule has 42 heavy (non-hydrogen) atoms. The number of hydrogen-bond acceptors (Lipinski definition) is 9. The van der Waals surface area contributed by atoms with Crippen LogP contribution in [-0.2, 0) is 46.5 Å². The number of Topliss-reactive ketones (excluding diaryl/α,β-unsaturated/α-hetero) is 1. The molecule has 9 heteroatoms. The fourth-order valence-electron chi connectivity index (χ4n) is 8.35. The number of aliphatic hydroxyl groups is 2. The van der Waals surface area contributed by atoms with Gasteiger partial charge >= 0.3 is 5.97 Å². The highest BCUT2D eigenvalue weighted by Crippen LogP contribution is 2.75. The number of allylic oxidation sites excluding steroid dienone is 1. The average molecular weight is 579 g/mol. The van der Waals surface area contributed by atoms with Gasteiger partial charge in [-0.1, -0.05) is 74.5 Å². The van der Waals surface area contributed by atoms with Crippen LogP contribution in [-0.4, -0.2) is 58.5 Å². The van der Waals surface area contributed by atoms with Crippen LogP contribution in [0.3, 0.4) is 0 Å². The van der Waals surface area contributed by atoms with Crippen LogP contribution in [0.25, 0.3) is 0 Å². The van der Waals surface area contributed by atoms with Gasteiger partial charge in [-0.3, -0.25) is 9.59 Å². The van der Waals surface area contributed by atoms with E-state index in [9.17, 15) is 19.8 Å². The Labute approximate surface area is 245 Å². The topological polar surface area (TPSA) is 121 Å². The van der Waals surface area contributed by atoms with Gasteiger partial charge in [0.2, 0.25) is 11.4 Å². The van der Waals surface area contributed by atoms with Crippen LogP contribution in [0, 0.1) is 17.3 Å². The first-order chi connectivity index (χ1) is 20.1. The fourth-order valence-corrected chi connectivity index (χ4v) is 8.35. The van der Waals surface area contributed by atoms with Gasteiger partial charge in [0.15, 0.2) is 5.76 Å². The van der Waals surface area contributed by atoms with Crippen molar-refractivity contribution in [1.82, 2.24) is 0 Å². The summed E-state index contributed by atoms with van der Waals surface area (Å²) in [6, 6.07) is 19.3. The maximum absolute atomic E-state index is 13.7. The van der Waals surface area contributed by atoms with E-state index in [0.29, 0.717) is 19.4 Å². The second-order valence-electron chi connectivity index (χ2n) is 12.3. The van der Waals surface area contributed by atoms with Crippen molar-refractivity contribution in [3.8, 4) is 0 Å². The van der Waals surface area contributed by atoms with E-state index in [1.54, 1.807) is 6.92 Å². The molecule has 7 atom stereocenters. The zero-order chi connectivity index (χ0) is 29.8. The van der Waals surface area contributed by atoms with Crippen molar-refractivity contribution in [3.05, 3.63) is 83.1 Å². The Balaban J connectivity index is 1.37. The lowest BCUT2D eigenvalue weighted by atomic mass is 9.55. The largest absolute Gasteiger partial charge is 0.504 e. The molecule has 2 aromatic rings. The molecule has 224 valence electrons.